The highest BCUT2D eigenvalue weighted by atomic mass is 79.9. The molecule has 0 saturated carbocycles. The van der Waals surface area contributed by atoms with E-state index >= 15 is 0 Å². The summed E-state index contributed by atoms with van der Waals surface area (Å²) in [5.41, 5.74) is 11.6. The number of rotatable bonds is 5. The summed E-state index contributed by atoms with van der Waals surface area (Å²) in [5, 5.41) is 0. The molecule has 0 aliphatic carbocycles. The first-order valence-corrected chi connectivity index (χ1v) is 5.91. The molecule has 94 valence electrons. The van der Waals surface area contributed by atoms with Crippen LogP contribution in [0.1, 0.15) is 18.5 Å². The van der Waals surface area contributed by atoms with Gasteiger partial charge >= 0.3 is 0 Å². The van der Waals surface area contributed by atoms with E-state index in [9.17, 15) is 4.39 Å². The zero-order chi connectivity index (χ0) is 12.8. The third-order valence-corrected chi connectivity index (χ3v) is 2.74. The van der Waals surface area contributed by atoms with Crippen LogP contribution >= 0.6 is 15.9 Å². The van der Waals surface area contributed by atoms with E-state index in [1.807, 2.05) is 19.1 Å². The Morgan fingerprint density at radius 1 is 1.53 bits per heavy atom. The predicted molar refractivity (Wildman–Crippen MR) is 69.8 cm³/mol. The molecule has 0 amide bonds. The lowest BCUT2D eigenvalue weighted by Gasteiger charge is -2.11. The maximum atomic E-state index is 12.0. The molecule has 0 aliphatic rings. The number of aliphatic imine (C=N–C) groups is 1. The second kappa shape index (κ2) is 6.44. The Morgan fingerprint density at radius 2 is 2.24 bits per heavy atom. The minimum Gasteiger partial charge on any atom is -0.490 e. The van der Waals surface area contributed by atoms with Crippen molar-refractivity contribution in [3.63, 3.8) is 0 Å². The lowest BCUT2D eigenvalue weighted by atomic mass is 10.1. The molecule has 0 spiro atoms. The van der Waals surface area contributed by atoms with E-state index in [1.165, 1.54) is 0 Å². The fourth-order valence-corrected chi connectivity index (χ4v) is 1.85. The van der Waals surface area contributed by atoms with Gasteiger partial charge in [-0.1, -0.05) is 6.07 Å². The molecular formula is C11H15BrFN3O. The van der Waals surface area contributed by atoms with Crippen molar-refractivity contribution in [2.24, 2.45) is 16.5 Å². The number of hydrogen-bond acceptors (Lipinski definition) is 2. The topological polar surface area (TPSA) is 73.6 Å². The van der Waals surface area contributed by atoms with Gasteiger partial charge in [-0.25, -0.2) is 9.38 Å². The van der Waals surface area contributed by atoms with E-state index in [1.54, 1.807) is 6.07 Å². The lowest BCUT2D eigenvalue weighted by Crippen LogP contribution is -2.23. The Bertz CT molecular complexity index is 408. The minimum absolute atomic E-state index is 0.0431. The Morgan fingerprint density at radius 3 is 2.76 bits per heavy atom. The molecule has 1 atom stereocenters. The third-order valence-electron chi connectivity index (χ3n) is 2.12. The van der Waals surface area contributed by atoms with Crippen LogP contribution in [0.25, 0.3) is 0 Å². The first-order chi connectivity index (χ1) is 8.04. The zero-order valence-electron chi connectivity index (χ0n) is 9.49. The molecule has 17 heavy (non-hydrogen) atoms. The van der Waals surface area contributed by atoms with E-state index in [2.05, 4.69) is 20.9 Å². The largest absolute Gasteiger partial charge is 0.490 e. The van der Waals surface area contributed by atoms with Gasteiger partial charge in [0.05, 0.1) is 10.5 Å². The van der Waals surface area contributed by atoms with E-state index in [4.69, 9.17) is 16.2 Å². The molecule has 4 nitrogen and oxygen atoms in total. The van der Waals surface area contributed by atoms with Gasteiger partial charge in [0.2, 0.25) is 0 Å². The van der Waals surface area contributed by atoms with Gasteiger partial charge < -0.3 is 16.2 Å². The van der Waals surface area contributed by atoms with Gasteiger partial charge in [0.25, 0.3) is 0 Å². The summed E-state index contributed by atoms with van der Waals surface area (Å²) in [6.07, 6.45) is 0. The average molecular weight is 304 g/mol. The van der Waals surface area contributed by atoms with Gasteiger partial charge in [-0.05, 0) is 40.5 Å². The molecule has 0 fully saturated rings. The summed E-state index contributed by atoms with van der Waals surface area (Å²) >= 11 is 3.35. The Labute approximate surface area is 108 Å². The van der Waals surface area contributed by atoms with Crippen LogP contribution in [0.3, 0.4) is 0 Å². The quantitative estimate of drug-likeness (QED) is 0.646. The van der Waals surface area contributed by atoms with Gasteiger partial charge in [-0.2, -0.15) is 0 Å². The SMILES string of the molecule is CC(N=C(N)N)c1ccc(OCCF)c(Br)c1. The Balaban J connectivity index is 2.84. The lowest BCUT2D eigenvalue weighted by molar-refractivity contribution is 0.272. The molecule has 0 heterocycles. The molecule has 0 radical (unpaired) electrons. The number of ether oxygens (including phenoxy) is 1. The molecule has 1 unspecified atom stereocenters. The summed E-state index contributed by atoms with van der Waals surface area (Å²) < 4.78 is 17.9. The number of alkyl halides is 1. The maximum Gasteiger partial charge on any atom is 0.186 e. The van der Waals surface area contributed by atoms with Crippen LogP contribution in [-0.2, 0) is 0 Å². The fourth-order valence-electron chi connectivity index (χ4n) is 1.34. The molecule has 1 aromatic carbocycles. The first-order valence-electron chi connectivity index (χ1n) is 5.11. The summed E-state index contributed by atoms with van der Waals surface area (Å²) in [6, 6.07) is 5.32. The number of guanidine groups is 1. The standard InChI is InChI=1S/C11H15BrFN3O/c1-7(16-11(14)15)8-2-3-10(9(12)6-8)17-5-4-13/h2-3,6-7H,4-5H2,1H3,(H4,14,15,16). The molecule has 0 aliphatic heterocycles. The van der Waals surface area contributed by atoms with Crippen molar-refractivity contribution in [2.45, 2.75) is 13.0 Å². The van der Waals surface area contributed by atoms with Crippen LogP contribution < -0.4 is 16.2 Å². The van der Waals surface area contributed by atoms with Crippen LogP contribution in [-0.4, -0.2) is 19.2 Å². The second-order valence-electron chi connectivity index (χ2n) is 3.46. The number of hydrogen-bond donors (Lipinski definition) is 2. The van der Waals surface area contributed by atoms with Crippen LogP contribution in [0.5, 0.6) is 5.75 Å². The molecule has 0 saturated heterocycles. The summed E-state index contributed by atoms with van der Waals surface area (Å²) in [6.45, 7) is 1.41. The third kappa shape index (κ3) is 4.22. The molecule has 1 aromatic rings. The highest BCUT2D eigenvalue weighted by Crippen LogP contribution is 2.29. The van der Waals surface area contributed by atoms with Crippen molar-refractivity contribution < 1.29 is 9.13 Å². The molecule has 0 bridgehead atoms. The number of nitrogens with zero attached hydrogens (tertiary/aromatic N) is 1. The zero-order valence-corrected chi connectivity index (χ0v) is 11.1. The van der Waals surface area contributed by atoms with Gasteiger partial charge in [0, 0.05) is 0 Å². The van der Waals surface area contributed by atoms with Crippen molar-refractivity contribution in [2.75, 3.05) is 13.3 Å². The van der Waals surface area contributed by atoms with Crippen molar-refractivity contribution in [3.05, 3.63) is 28.2 Å². The van der Waals surface area contributed by atoms with Gasteiger partial charge in [0.15, 0.2) is 5.96 Å². The predicted octanol–water partition coefficient (Wildman–Crippen LogP) is 2.13. The average Bonchev–Trinajstić information content (AvgIpc) is 2.26. The van der Waals surface area contributed by atoms with Crippen molar-refractivity contribution in [3.8, 4) is 5.75 Å². The number of benzene rings is 1. The summed E-state index contributed by atoms with van der Waals surface area (Å²) in [4.78, 5) is 4.03. The van der Waals surface area contributed by atoms with Gasteiger partial charge in [0.1, 0.15) is 19.0 Å². The monoisotopic (exact) mass is 303 g/mol. The van der Waals surface area contributed by atoms with Crippen molar-refractivity contribution in [1.29, 1.82) is 0 Å². The minimum atomic E-state index is -0.515. The van der Waals surface area contributed by atoms with E-state index in [0.717, 1.165) is 10.0 Å². The van der Waals surface area contributed by atoms with Crippen LogP contribution in [0.4, 0.5) is 4.39 Å². The molecule has 1 rings (SSSR count). The van der Waals surface area contributed by atoms with E-state index in [0.29, 0.717) is 5.75 Å². The van der Waals surface area contributed by atoms with E-state index in [-0.39, 0.29) is 18.6 Å². The van der Waals surface area contributed by atoms with Crippen LogP contribution in [0, 0.1) is 0 Å². The highest BCUT2D eigenvalue weighted by Gasteiger charge is 2.08. The van der Waals surface area contributed by atoms with E-state index < -0.39 is 6.67 Å². The molecule has 0 aromatic heterocycles. The first kappa shape index (κ1) is 13.8. The van der Waals surface area contributed by atoms with Gasteiger partial charge in [-0.3, -0.25) is 0 Å². The van der Waals surface area contributed by atoms with Gasteiger partial charge in [-0.15, -0.1) is 0 Å². The van der Waals surface area contributed by atoms with Crippen molar-refractivity contribution >= 4 is 21.9 Å². The van der Waals surface area contributed by atoms with Crippen LogP contribution in [0.2, 0.25) is 0 Å². The van der Waals surface area contributed by atoms with Crippen molar-refractivity contribution in [1.82, 2.24) is 0 Å². The fraction of sp³-hybridized carbons (Fsp3) is 0.364. The molecule has 4 N–H and O–H groups in total. The maximum absolute atomic E-state index is 12.0. The summed E-state index contributed by atoms with van der Waals surface area (Å²) in [7, 11) is 0. The normalized spacial score (nSPS) is 11.9. The second-order valence-corrected chi connectivity index (χ2v) is 4.31. The smallest absolute Gasteiger partial charge is 0.186 e. The highest BCUT2D eigenvalue weighted by molar-refractivity contribution is 9.10. The molecular weight excluding hydrogens is 289 g/mol. The Kier molecular flexibility index (Phi) is 5.21. The Hall–Kier alpha value is -1.30. The molecule has 6 heteroatoms. The number of nitrogens with two attached hydrogens (primary N) is 2. The number of halogens is 2. The summed E-state index contributed by atoms with van der Waals surface area (Å²) in [5.74, 6) is 0.648. The van der Waals surface area contributed by atoms with Crippen LogP contribution in [0.15, 0.2) is 27.7 Å².